The zero-order valence-electron chi connectivity index (χ0n) is 11.4. The van der Waals surface area contributed by atoms with Gasteiger partial charge in [0.2, 0.25) is 5.91 Å². The van der Waals surface area contributed by atoms with Crippen LogP contribution < -0.4 is 11.1 Å². The summed E-state index contributed by atoms with van der Waals surface area (Å²) in [5.41, 5.74) is 6.89. The molecule has 0 saturated carbocycles. The van der Waals surface area contributed by atoms with Crippen molar-refractivity contribution in [1.29, 1.82) is 0 Å². The molecule has 2 aromatic rings. The molecule has 5 heteroatoms. The number of nitrogens with one attached hydrogen (secondary N) is 2. The second kappa shape index (κ2) is 5.40. The second-order valence-corrected chi connectivity index (χ2v) is 4.79. The van der Waals surface area contributed by atoms with Gasteiger partial charge in [-0.25, -0.2) is 0 Å². The summed E-state index contributed by atoms with van der Waals surface area (Å²) in [4.78, 5) is 12.5. The maximum absolute atomic E-state index is 12.5. The lowest BCUT2D eigenvalue weighted by Crippen LogP contribution is -2.41. The van der Waals surface area contributed by atoms with Crippen LogP contribution >= 0.6 is 0 Å². The zero-order valence-corrected chi connectivity index (χ0v) is 11.4. The summed E-state index contributed by atoms with van der Waals surface area (Å²) in [6.45, 7) is 4.34. The predicted molar refractivity (Wildman–Crippen MR) is 76.8 cm³/mol. The van der Waals surface area contributed by atoms with E-state index in [1.165, 1.54) is 0 Å². The van der Waals surface area contributed by atoms with Crippen molar-refractivity contribution < 1.29 is 4.79 Å². The number of benzene rings is 1. The number of carbonyl (C=O) groups is 1. The number of carbonyl (C=O) groups excluding carboxylic acids is 1. The van der Waals surface area contributed by atoms with Gasteiger partial charge in [-0.3, -0.25) is 9.89 Å². The van der Waals surface area contributed by atoms with E-state index in [9.17, 15) is 4.79 Å². The summed E-state index contributed by atoms with van der Waals surface area (Å²) >= 11 is 0. The Bertz CT molecular complexity index is 563. The first-order chi connectivity index (χ1) is 9.16. The van der Waals surface area contributed by atoms with Crippen LogP contribution in [0.5, 0.6) is 0 Å². The smallest absolute Gasteiger partial charge is 0.231 e. The monoisotopic (exact) mass is 260 g/mol. The first-order valence-corrected chi connectivity index (χ1v) is 6.60. The first-order valence-electron chi connectivity index (χ1n) is 6.60. The van der Waals surface area contributed by atoms with Gasteiger partial charge in [-0.2, -0.15) is 5.10 Å². The Morgan fingerprint density at radius 3 is 2.79 bits per heavy atom. The molecule has 0 aliphatic heterocycles. The highest BCUT2D eigenvalue weighted by molar-refractivity contribution is 6.02. The lowest BCUT2D eigenvalue weighted by atomic mass is 9.81. The second-order valence-electron chi connectivity index (χ2n) is 4.79. The maximum atomic E-state index is 12.5. The van der Waals surface area contributed by atoms with Gasteiger partial charge in [-0.1, -0.05) is 26.0 Å². The SMILES string of the molecule is CCC(CC)(CN)C(=O)Nc1cccc2cn[nH]c12. The van der Waals surface area contributed by atoms with Crippen LogP contribution in [0.15, 0.2) is 24.4 Å². The molecule has 0 aliphatic carbocycles. The number of anilines is 1. The van der Waals surface area contributed by atoms with E-state index in [1.807, 2.05) is 32.0 Å². The summed E-state index contributed by atoms with van der Waals surface area (Å²) in [6.07, 6.45) is 3.19. The van der Waals surface area contributed by atoms with Crippen molar-refractivity contribution in [3.63, 3.8) is 0 Å². The summed E-state index contributed by atoms with van der Waals surface area (Å²) < 4.78 is 0. The number of aromatic amines is 1. The molecule has 0 radical (unpaired) electrons. The Balaban J connectivity index is 2.30. The summed E-state index contributed by atoms with van der Waals surface area (Å²) in [5.74, 6) is -0.0258. The average molecular weight is 260 g/mol. The molecule has 2 rings (SSSR count). The number of rotatable bonds is 5. The molecule has 1 heterocycles. The van der Waals surface area contributed by atoms with Crippen LogP contribution in [0.3, 0.4) is 0 Å². The van der Waals surface area contributed by atoms with E-state index in [0.717, 1.165) is 29.4 Å². The molecule has 1 aromatic carbocycles. The molecular formula is C14H20N4O. The van der Waals surface area contributed by atoms with Crippen LogP contribution in [0.1, 0.15) is 26.7 Å². The van der Waals surface area contributed by atoms with Crippen molar-refractivity contribution in [3.05, 3.63) is 24.4 Å². The lowest BCUT2D eigenvalue weighted by molar-refractivity contribution is -0.125. The minimum atomic E-state index is -0.498. The van der Waals surface area contributed by atoms with Gasteiger partial charge in [0.15, 0.2) is 0 Å². The van der Waals surface area contributed by atoms with Gasteiger partial charge in [0.1, 0.15) is 0 Å². The van der Waals surface area contributed by atoms with Gasteiger partial charge in [0.25, 0.3) is 0 Å². The van der Waals surface area contributed by atoms with Crippen LogP contribution in [0.4, 0.5) is 5.69 Å². The summed E-state index contributed by atoms with van der Waals surface area (Å²) in [5, 5.41) is 10.8. The van der Waals surface area contributed by atoms with Crippen LogP contribution in [0.25, 0.3) is 10.9 Å². The molecule has 0 fully saturated rings. The van der Waals surface area contributed by atoms with Crippen LogP contribution in [-0.4, -0.2) is 22.6 Å². The van der Waals surface area contributed by atoms with E-state index in [0.29, 0.717) is 6.54 Å². The van der Waals surface area contributed by atoms with Gasteiger partial charge in [-0.05, 0) is 18.9 Å². The number of hydrogen-bond acceptors (Lipinski definition) is 3. The molecular weight excluding hydrogens is 240 g/mol. The number of hydrogen-bond donors (Lipinski definition) is 3. The molecule has 0 saturated heterocycles. The summed E-state index contributed by atoms with van der Waals surface area (Å²) in [6, 6.07) is 5.71. The van der Waals surface area contributed by atoms with Crippen molar-refractivity contribution in [2.75, 3.05) is 11.9 Å². The van der Waals surface area contributed by atoms with Crippen LogP contribution in [0, 0.1) is 5.41 Å². The first kappa shape index (κ1) is 13.5. The number of fused-ring (bicyclic) bond motifs is 1. The Morgan fingerprint density at radius 2 is 2.16 bits per heavy atom. The highest BCUT2D eigenvalue weighted by atomic mass is 16.2. The number of para-hydroxylation sites is 1. The third-order valence-electron chi connectivity index (χ3n) is 3.95. The molecule has 4 N–H and O–H groups in total. The number of nitrogens with zero attached hydrogens (tertiary/aromatic N) is 1. The van der Waals surface area contributed by atoms with Gasteiger partial charge in [0, 0.05) is 11.9 Å². The van der Waals surface area contributed by atoms with Crippen molar-refractivity contribution in [1.82, 2.24) is 10.2 Å². The normalized spacial score (nSPS) is 11.7. The Labute approximate surface area is 112 Å². The van der Waals surface area contributed by atoms with Crippen molar-refractivity contribution in [2.45, 2.75) is 26.7 Å². The van der Waals surface area contributed by atoms with Crippen LogP contribution in [0.2, 0.25) is 0 Å². The Kier molecular flexibility index (Phi) is 3.85. The van der Waals surface area contributed by atoms with E-state index < -0.39 is 5.41 Å². The fraction of sp³-hybridized carbons (Fsp3) is 0.429. The molecule has 1 amide bonds. The highest BCUT2D eigenvalue weighted by Crippen LogP contribution is 2.28. The average Bonchev–Trinajstić information content (AvgIpc) is 2.91. The van der Waals surface area contributed by atoms with E-state index >= 15 is 0 Å². The van der Waals surface area contributed by atoms with E-state index in [4.69, 9.17) is 5.73 Å². The molecule has 1 aromatic heterocycles. The third-order valence-corrected chi connectivity index (χ3v) is 3.95. The molecule has 0 unspecified atom stereocenters. The third kappa shape index (κ3) is 2.33. The predicted octanol–water partition coefficient (Wildman–Crippen LogP) is 2.27. The van der Waals surface area contributed by atoms with Gasteiger partial charge < -0.3 is 11.1 Å². The van der Waals surface area contributed by atoms with Gasteiger partial charge in [-0.15, -0.1) is 0 Å². The van der Waals surface area contributed by atoms with Crippen LogP contribution in [-0.2, 0) is 4.79 Å². The van der Waals surface area contributed by atoms with Crippen molar-refractivity contribution in [3.8, 4) is 0 Å². The summed E-state index contributed by atoms with van der Waals surface area (Å²) in [7, 11) is 0. The molecule has 5 nitrogen and oxygen atoms in total. The van der Waals surface area contributed by atoms with E-state index in [1.54, 1.807) is 6.20 Å². The van der Waals surface area contributed by atoms with E-state index in [-0.39, 0.29) is 5.91 Å². The standard InChI is InChI=1S/C14H20N4O/c1-3-14(4-2,9-15)13(19)17-11-7-5-6-10-8-16-18-12(10)11/h5-8H,3-4,9,15H2,1-2H3,(H,16,18)(H,17,19). The maximum Gasteiger partial charge on any atom is 0.231 e. The number of H-pyrrole nitrogens is 1. The number of nitrogens with two attached hydrogens (primary N) is 1. The van der Waals surface area contributed by atoms with Crippen molar-refractivity contribution in [2.24, 2.45) is 11.1 Å². The molecule has 102 valence electrons. The fourth-order valence-corrected chi connectivity index (χ4v) is 2.28. The molecule has 0 atom stereocenters. The Hall–Kier alpha value is -1.88. The Morgan fingerprint density at radius 1 is 1.42 bits per heavy atom. The van der Waals surface area contributed by atoms with Gasteiger partial charge in [0.05, 0.1) is 22.8 Å². The lowest BCUT2D eigenvalue weighted by Gasteiger charge is -2.28. The largest absolute Gasteiger partial charge is 0.329 e. The quantitative estimate of drug-likeness (QED) is 0.771. The molecule has 0 aliphatic rings. The zero-order chi connectivity index (χ0) is 13.9. The number of aromatic nitrogens is 2. The molecule has 19 heavy (non-hydrogen) atoms. The minimum Gasteiger partial charge on any atom is -0.329 e. The minimum absolute atomic E-state index is 0.0258. The van der Waals surface area contributed by atoms with E-state index in [2.05, 4.69) is 15.5 Å². The molecule has 0 bridgehead atoms. The topological polar surface area (TPSA) is 83.8 Å². The van der Waals surface area contributed by atoms with Crippen molar-refractivity contribution >= 4 is 22.5 Å². The molecule has 0 spiro atoms. The number of amides is 1. The fourth-order valence-electron chi connectivity index (χ4n) is 2.28. The van der Waals surface area contributed by atoms with Gasteiger partial charge >= 0.3 is 0 Å². The highest BCUT2D eigenvalue weighted by Gasteiger charge is 2.33.